The van der Waals surface area contributed by atoms with Crippen LogP contribution >= 0.6 is 11.3 Å². The van der Waals surface area contributed by atoms with E-state index in [4.69, 9.17) is 9.72 Å². The summed E-state index contributed by atoms with van der Waals surface area (Å²) < 4.78 is 7.57. The molecule has 34 heavy (non-hydrogen) atoms. The average Bonchev–Trinajstić information content (AvgIpc) is 3.55. The second kappa shape index (κ2) is 8.70. The zero-order chi connectivity index (χ0) is 23.1. The van der Waals surface area contributed by atoms with E-state index in [-0.39, 0.29) is 0 Å². The van der Waals surface area contributed by atoms with Gasteiger partial charge in [0, 0.05) is 43.2 Å². The number of para-hydroxylation sites is 1. The molecule has 1 saturated heterocycles. The van der Waals surface area contributed by atoms with Crippen LogP contribution in [0.5, 0.6) is 5.75 Å². The first kappa shape index (κ1) is 21.1. The molecule has 6 rings (SSSR count). The summed E-state index contributed by atoms with van der Waals surface area (Å²) >= 11 is 1.76. The molecule has 0 spiro atoms. The van der Waals surface area contributed by atoms with E-state index in [2.05, 4.69) is 60.3 Å². The van der Waals surface area contributed by atoms with E-state index in [0.717, 1.165) is 65.8 Å². The summed E-state index contributed by atoms with van der Waals surface area (Å²) in [5.74, 6) is 2.45. The zero-order valence-corrected chi connectivity index (χ0v) is 20.1. The minimum absolute atomic E-state index is 0.397. The third-order valence-corrected chi connectivity index (χ3v) is 7.30. The summed E-state index contributed by atoms with van der Waals surface area (Å²) in [6.45, 7) is 6.04. The molecule has 0 amide bonds. The summed E-state index contributed by atoms with van der Waals surface area (Å²) in [5.41, 5.74) is 4.10. The number of hydrogen-bond donors (Lipinski definition) is 0. The second-order valence-electron chi connectivity index (χ2n) is 8.74. The molecule has 172 valence electrons. The first-order chi connectivity index (χ1) is 16.7. The number of hydrogen-bond acceptors (Lipinski definition) is 7. The van der Waals surface area contributed by atoms with Gasteiger partial charge in [-0.2, -0.15) is 11.3 Å². The Morgan fingerprint density at radius 2 is 1.97 bits per heavy atom. The maximum absolute atomic E-state index is 5.46. The molecule has 1 atom stereocenters. The van der Waals surface area contributed by atoms with Crippen LogP contribution in [0.1, 0.15) is 12.5 Å². The lowest BCUT2D eigenvalue weighted by Gasteiger charge is -2.40. The van der Waals surface area contributed by atoms with E-state index in [1.165, 1.54) is 5.56 Å². The fraction of sp³-hybridized carbons (Fsp3) is 0.269. The summed E-state index contributed by atoms with van der Waals surface area (Å²) in [6.07, 6.45) is 0. The Morgan fingerprint density at radius 3 is 2.79 bits per heavy atom. The number of ether oxygens (including phenoxy) is 1. The number of anilines is 1. The SMILES string of the molecule is COc1cccc(-c2nnc3c4ccccc4nc(N4CCN(Cc5ccsc5)C(C)C4)n23)c1. The van der Waals surface area contributed by atoms with Crippen LogP contribution in [-0.4, -0.2) is 57.3 Å². The van der Waals surface area contributed by atoms with Crippen molar-refractivity contribution in [2.45, 2.75) is 19.5 Å². The van der Waals surface area contributed by atoms with Crippen LogP contribution in [0.3, 0.4) is 0 Å². The van der Waals surface area contributed by atoms with E-state index in [0.29, 0.717) is 6.04 Å². The zero-order valence-electron chi connectivity index (χ0n) is 19.3. The number of nitrogens with zero attached hydrogens (tertiary/aromatic N) is 6. The van der Waals surface area contributed by atoms with Crippen molar-refractivity contribution < 1.29 is 4.74 Å². The summed E-state index contributed by atoms with van der Waals surface area (Å²) in [6, 6.07) is 18.7. The molecule has 7 nitrogen and oxygen atoms in total. The lowest BCUT2D eigenvalue weighted by Crippen LogP contribution is -2.52. The Kier molecular flexibility index (Phi) is 5.39. The van der Waals surface area contributed by atoms with Gasteiger partial charge in [-0.25, -0.2) is 9.38 Å². The molecule has 0 saturated carbocycles. The van der Waals surface area contributed by atoms with Crippen molar-refractivity contribution >= 4 is 33.8 Å². The molecule has 3 aromatic heterocycles. The van der Waals surface area contributed by atoms with E-state index in [9.17, 15) is 0 Å². The van der Waals surface area contributed by atoms with Crippen molar-refractivity contribution in [1.29, 1.82) is 0 Å². The van der Waals surface area contributed by atoms with Gasteiger partial charge in [-0.3, -0.25) is 4.90 Å². The smallest absolute Gasteiger partial charge is 0.213 e. The molecule has 0 radical (unpaired) electrons. The predicted octanol–water partition coefficient (Wildman–Crippen LogP) is 4.73. The van der Waals surface area contributed by atoms with E-state index in [1.54, 1.807) is 18.4 Å². The summed E-state index contributed by atoms with van der Waals surface area (Å²) in [5, 5.41) is 14.6. The lowest BCUT2D eigenvalue weighted by molar-refractivity contribution is 0.180. The van der Waals surface area contributed by atoms with E-state index in [1.807, 2.05) is 36.4 Å². The van der Waals surface area contributed by atoms with Crippen LogP contribution in [0.4, 0.5) is 5.95 Å². The summed E-state index contributed by atoms with van der Waals surface area (Å²) in [7, 11) is 1.68. The number of piperazine rings is 1. The van der Waals surface area contributed by atoms with Crippen LogP contribution in [0.15, 0.2) is 65.4 Å². The van der Waals surface area contributed by atoms with E-state index < -0.39 is 0 Å². The lowest BCUT2D eigenvalue weighted by atomic mass is 10.1. The van der Waals surface area contributed by atoms with Crippen molar-refractivity contribution in [3.05, 3.63) is 70.9 Å². The highest BCUT2D eigenvalue weighted by Crippen LogP contribution is 2.31. The van der Waals surface area contributed by atoms with E-state index >= 15 is 0 Å². The molecular weight excluding hydrogens is 444 g/mol. The fourth-order valence-electron chi connectivity index (χ4n) is 4.76. The molecule has 1 unspecified atom stereocenters. The molecule has 0 aliphatic carbocycles. The predicted molar refractivity (Wildman–Crippen MR) is 137 cm³/mol. The number of aromatic nitrogens is 4. The van der Waals surface area contributed by atoms with Crippen molar-refractivity contribution in [3.8, 4) is 17.1 Å². The quantitative estimate of drug-likeness (QED) is 0.370. The number of methoxy groups -OCH3 is 1. The van der Waals surface area contributed by atoms with Crippen LogP contribution in [0.25, 0.3) is 27.9 Å². The standard InChI is InChI=1S/C26H26N6OS/c1-18-15-31(12-11-30(18)16-19-10-13-34-17-19)26-27-23-9-4-3-8-22(23)25-29-28-24(32(25)26)20-6-5-7-21(14-20)33-2/h3-10,13-14,17-18H,11-12,15-16H2,1-2H3. The van der Waals surface area contributed by atoms with Crippen LogP contribution in [0.2, 0.25) is 0 Å². The van der Waals surface area contributed by atoms with Gasteiger partial charge in [-0.05, 0) is 53.6 Å². The van der Waals surface area contributed by atoms with Crippen molar-refractivity contribution in [1.82, 2.24) is 24.5 Å². The van der Waals surface area contributed by atoms with Gasteiger partial charge in [0.1, 0.15) is 5.75 Å². The van der Waals surface area contributed by atoms with Gasteiger partial charge in [-0.15, -0.1) is 10.2 Å². The topological polar surface area (TPSA) is 58.8 Å². The molecule has 0 N–H and O–H groups in total. The van der Waals surface area contributed by atoms with Crippen molar-refractivity contribution in [2.75, 3.05) is 31.6 Å². The Hall–Kier alpha value is -3.49. The van der Waals surface area contributed by atoms with Gasteiger partial charge in [0.05, 0.1) is 12.6 Å². The Labute approximate surface area is 202 Å². The fourth-order valence-corrected chi connectivity index (χ4v) is 5.42. The first-order valence-electron chi connectivity index (χ1n) is 11.5. The first-order valence-corrected chi connectivity index (χ1v) is 12.4. The highest BCUT2D eigenvalue weighted by atomic mass is 32.1. The molecule has 4 heterocycles. The average molecular weight is 471 g/mol. The van der Waals surface area contributed by atoms with Crippen molar-refractivity contribution in [3.63, 3.8) is 0 Å². The van der Waals surface area contributed by atoms with Crippen LogP contribution in [0, 0.1) is 0 Å². The molecule has 1 fully saturated rings. The minimum Gasteiger partial charge on any atom is -0.497 e. The highest BCUT2D eigenvalue weighted by Gasteiger charge is 2.28. The van der Waals surface area contributed by atoms with Gasteiger partial charge >= 0.3 is 0 Å². The molecule has 1 aliphatic rings. The van der Waals surface area contributed by atoms with Gasteiger partial charge < -0.3 is 9.64 Å². The Morgan fingerprint density at radius 1 is 1.06 bits per heavy atom. The molecule has 0 bridgehead atoms. The minimum atomic E-state index is 0.397. The third-order valence-electron chi connectivity index (χ3n) is 6.57. The summed E-state index contributed by atoms with van der Waals surface area (Å²) in [4.78, 5) is 10.0. The van der Waals surface area contributed by atoms with Gasteiger partial charge in [0.15, 0.2) is 11.5 Å². The molecule has 2 aromatic carbocycles. The third kappa shape index (κ3) is 3.69. The van der Waals surface area contributed by atoms with Crippen molar-refractivity contribution in [2.24, 2.45) is 0 Å². The van der Waals surface area contributed by atoms with Crippen LogP contribution in [-0.2, 0) is 6.54 Å². The van der Waals surface area contributed by atoms with Crippen LogP contribution < -0.4 is 9.64 Å². The second-order valence-corrected chi connectivity index (χ2v) is 9.52. The molecular formula is C26H26N6OS. The Bertz CT molecular complexity index is 1450. The maximum Gasteiger partial charge on any atom is 0.213 e. The maximum atomic E-state index is 5.46. The van der Waals surface area contributed by atoms with Gasteiger partial charge in [0.25, 0.3) is 0 Å². The monoisotopic (exact) mass is 470 g/mol. The number of rotatable bonds is 5. The van der Waals surface area contributed by atoms with Gasteiger partial charge in [-0.1, -0.05) is 24.3 Å². The number of benzene rings is 2. The number of thiophene rings is 1. The number of fused-ring (bicyclic) bond motifs is 3. The van der Waals surface area contributed by atoms with Gasteiger partial charge in [0.2, 0.25) is 5.95 Å². The molecule has 5 aromatic rings. The highest BCUT2D eigenvalue weighted by molar-refractivity contribution is 7.07. The largest absolute Gasteiger partial charge is 0.497 e. The molecule has 1 aliphatic heterocycles. The Balaban J connectivity index is 1.44. The normalized spacial score (nSPS) is 17.0. The molecule has 8 heteroatoms.